The topological polar surface area (TPSA) is 76.8 Å². The monoisotopic (exact) mass is 214 g/mol. The third-order valence-electron chi connectivity index (χ3n) is 1.04. The van der Waals surface area contributed by atoms with Crippen LogP contribution in [0.25, 0.3) is 0 Å². The Hall–Kier alpha value is -0.970. The Bertz CT molecular complexity index is 252. The van der Waals surface area contributed by atoms with E-state index in [-0.39, 0.29) is 12.0 Å². The molecule has 0 spiro atoms. The molecule has 4 N–H and O–H groups in total. The van der Waals surface area contributed by atoms with Crippen molar-refractivity contribution in [2.24, 2.45) is 21.5 Å². The Morgan fingerprint density at radius 1 is 1.43 bits per heavy atom. The maximum absolute atomic E-state index is 5.29. The van der Waals surface area contributed by atoms with E-state index in [4.69, 9.17) is 11.5 Å². The molecule has 5 heteroatoms. The minimum absolute atomic E-state index is 0.0404. The molecule has 0 saturated carbocycles. The molecular formula is C9H18N4S. The van der Waals surface area contributed by atoms with Gasteiger partial charge in [-0.2, -0.15) is 4.99 Å². The van der Waals surface area contributed by atoms with Crippen LogP contribution >= 0.6 is 11.8 Å². The highest BCUT2D eigenvalue weighted by atomic mass is 32.2. The lowest BCUT2D eigenvalue weighted by Gasteiger charge is -2.03. The van der Waals surface area contributed by atoms with Gasteiger partial charge in [0.1, 0.15) is 0 Å². The van der Waals surface area contributed by atoms with Gasteiger partial charge in [0, 0.05) is 11.8 Å². The Kier molecular flexibility index (Phi) is 6.03. The van der Waals surface area contributed by atoms with Gasteiger partial charge in [0.15, 0.2) is 11.1 Å². The van der Waals surface area contributed by atoms with Crippen molar-refractivity contribution in [2.45, 2.75) is 26.8 Å². The number of nitrogens with two attached hydrogens (primary N) is 2. The van der Waals surface area contributed by atoms with Gasteiger partial charge in [-0.25, -0.2) is 0 Å². The number of thioether (sulfide) groups is 1. The summed E-state index contributed by atoms with van der Waals surface area (Å²) in [6.45, 7) is 9.70. The summed E-state index contributed by atoms with van der Waals surface area (Å²) in [4.78, 5) is 8.21. The van der Waals surface area contributed by atoms with E-state index < -0.39 is 0 Å². The molecule has 0 saturated heterocycles. The van der Waals surface area contributed by atoms with Crippen molar-refractivity contribution < 1.29 is 0 Å². The van der Waals surface area contributed by atoms with E-state index in [0.29, 0.717) is 5.17 Å². The summed E-state index contributed by atoms with van der Waals surface area (Å²) in [6.07, 6.45) is 0. The number of nitrogens with zero attached hydrogens (tertiary/aromatic N) is 2. The van der Waals surface area contributed by atoms with Crippen LogP contribution in [0.1, 0.15) is 20.8 Å². The third kappa shape index (κ3) is 7.67. The smallest absolute Gasteiger partial charge is 0.193 e. The molecule has 4 nitrogen and oxygen atoms in total. The molecular weight excluding hydrogens is 196 g/mol. The van der Waals surface area contributed by atoms with Gasteiger partial charge in [0.2, 0.25) is 0 Å². The lowest BCUT2D eigenvalue weighted by Crippen LogP contribution is -2.24. The molecule has 0 aromatic heterocycles. The molecule has 0 amide bonds. The lowest BCUT2D eigenvalue weighted by atomic mass is 10.4. The van der Waals surface area contributed by atoms with Crippen molar-refractivity contribution in [3.8, 4) is 0 Å². The van der Waals surface area contributed by atoms with Crippen LogP contribution in [-0.2, 0) is 0 Å². The molecule has 80 valence electrons. The Morgan fingerprint density at radius 2 is 2.00 bits per heavy atom. The van der Waals surface area contributed by atoms with Gasteiger partial charge >= 0.3 is 0 Å². The predicted octanol–water partition coefficient (Wildman–Crippen LogP) is 1.33. The molecule has 0 aliphatic carbocycles. The first kappa shape index (κ1) is 13.0. The number of hydrogen-bond acceptors (Lipinski definition) is 2. The van der Waals surface area contributed by atoms with E-state index in [1.54, 1.807) is 0 Å². The average Bonchev–Trinajstić information content (AvgIpc) is 1.97. The van der Waals surface area contributed by atoms with Gasteiger partial charge < -0.3 is 11.5 Å². The Labute approximate surface area is 89.6 Å². The van der Waals surface area contributed by atoms with Gasteiger partial charge in [0.25, 0.3) is 0 Å². The summed E-state index contributed by atoms with van der Waals surface area (Å²) in [5.74, 6) is 0.820. The molecule has 14 heavy (non-hydrogen) atoms. The molecule has 0 aliphatic rings. The van der Waals surface area contributed by atoms with Crippen molar-refractivity contribution in [3.63, 3.8) is 0 Å². The number of rotatable bonds is 3. The first-order chi connectivity index (χ1) is 6.41. The normalized spacial score (nSPS) is 11.6. The fourth-order valence-corrected chi connectivity index (χ4v) is 1.45. The molecule has 0 aromatic rings. The van der Waals surface area contributed by atoms with Crippen LogP contribution in [0.2, 0.25) is 0 Å². The molecule has 0 atom stereocenters. The zero-order valence-electron chi connectivity index (χ0n) is 8.95. The van der Waals surface area contributed by atoms with Crippen LogP contribution < -0.4 is 11.5 Å². The highest BCUT2D eigenvalue weighted by molar-refractivity contribution is 8.14. The van der Waals surface area contributed by atoms with Crippen LogP contribution in [0, 0.1) is 0 Å². The molecule has 0 fully saturated rings. The minimum Gasteiger partial charge on any atom is -0.370 e. The number of amidine groups is 1. The standard InChI is InChI=1S/C9H18N4S/c1-6(2)5-14-9(12-7(3)4)13-8(10)11/h7H,1,5H2,2-4H3,(H4,10,11,12,13). The van der Waals surface area contributed by atoms with Crippen LogP contribution in [0.15, 0.2) is 22.1 Å². The summed E-state index contributed by atoms with van der Waals surface area (Å²) in [6, 6.07) is 0.186. The van der Waals surface area contributed by atoms with Crippen LogP contribution in [0.3, 0.4) is 0 Å². The van der Waals surface area contributed by atoms with Gasteiger partial charge in [-0.05, 0) is 20.8 Å². The first-order valence-electron chi connectivity index (χ1n) is 4.36. The fourth-order valence-electron chi connectivity index (χ4n) is 0.617. The largest absolute Gasteiger partial charge is 0.370 e. The minimum atomic E-state index is 0.0404. The quantitative estimate of drug-likeness (QED) is 0.423. The highest BCUT2D eigenvalue weighted by Crippen LogP contribution is 2.10. The van der Waals surface area contributed by atoms with E-state index in [2.05, 4.69) is 16.6 Å². The van der Waals surface area contributed by atoms with E-state index >= 15 is 0 Å². The molecule has 0 rings (SSSR count). The average molecular weight is 214 g/mol. The lowest BCUT2D eigenvalue weighted by molar-refractivity contribution is 0.838. The second-order valence-corrected chi connectivity index (χ2v) is 4.23. The third-order valence-corrected chi connectivity index (χ3v) is 2.13. The van der Waals surface area contributed by atoms with E-state index in [1.165, 1.54) is 11.8 Å². The first-order valence-corrected chi connectivity index (χ1v) is 5.35. The van der Waals surface area contributed by atoms with Crippen LogP contribution in [0.4, 0.5) is 0 Å². The van der Waals surface area contributed by atoms with Crippen molar-refractivity contribution in [3.05, 3.63) is 12.2 Å². The summed E-state index contributed by atoms with van der Waals surface area (Å²) < 4.78 is 0. The number of guanidine groups is 1. The summed E-state index contributed by atoms with van der Waals surface area (Å²) in [7, 11) is 0. The second kappa shape index (κ2) is 6.48. The molecule has 0 bridgehead atoms. The van der Waals surface area contributed by atoms with E-state index in [0.717, 1.165) is 11.3 Å². The molecule has 0 radical (unpaired) electrons. The maximum Gasteiger partial charge on any atom is 0.193 e. The van der Waals surface area contributed by atoms with E-state index in [1.807, 2.05) is 20.8 Å². The second-order valence-electron chi connectivity index (χ2n) is 3.29. The summed E-state index contributed by atoms with van der Waals surface area (Å²) in [5, 5.41) is 0.614. The Balaban J connectivity index is 4.41. The van der Waals surface area contributed by atoms with E-state index in [9.17, 15) is 0 Å². The number of aliphatic imine (C=N–C) groups is 2. The predicted molar refractivity (Wildman–Crippen MR) is 65.7 cm³/mol. The maximum atomic E-state index is 5.29. The van der Waals surface area contributed by atoms with Gasteiger partial charge in [0.05, 0.1) is 0 Å². The van der Waals surface area contributed by atoms with Crippen LogP contribution in [0.5, 0.6) is 0 Å². The van der Waals surface area contributed by atoms with Gasteiger partial charge in [-0.1, -0.05) is 23.9 Å². The zero-order chi connectivity index (χ0) is 11.1. The highest BCUT2D eigenvalue weighted by Gasteiger charge is 2.00. The number of hydrogen-bond donors (Lipinski definition) is 2. The fraction of sp³-hybridized carbons (Fsp3) is 0.556. The van der Waals surface area contributed by atoms with Crippen molar-refractivity contribution in [1.29, 1.82) is 0 Å². The molecule has 0 heterocycles. The van der Waals surface area contributed by atoms with Gasteiger partial charge in [-0.15, -0.1) is 0 Å². The Morgan fingerprint density at radius 3 is 2.36 bits per heavy atom. The summed E-state index contributed by atoms with van der Waals surface area (Å²) >= 11 is 1.49. The van der Waals surface area contributed by atoms with Crippen LogP contribution in [-0.4, -0.2) is 22.9 Å². The van der Waals surface area contributed by atoms with Crippen molar-refractivity contribution >= 4 is 22.9 Å². The zero-order valence-corrected chi connectivity index (χ0v) is 9.77. The van der Waals surface area contributed by atoms with Crippen molar-refractivity contribution in [2.75, 3.05) is 5.75 Å². The summed E-state index contributed by atoms with van der Waals surface area (Å²) in [5.41, 5.74) is 11.6. The van der Waals surface area contributed by atoms with Gasteiger partial charge in [-0.3, -0.25) is 4.99 Å². The molecule has 0 aromatic carbocycles. The molecule has 0 unspecified atom stereocenters. The SMILES string of the molecule is C=C(C)CSC(N=C(N)N)=NC(C)C. The van der Waals surface area contributed by atoms with Crippen molar-refractivity contribution in [1.82, 2.24) is 0 Å². The molecule has 0 aliphatic heterocycles.